The highest BCUT2D eigenvalue weighted by Gasteiger charge is 2.37. The smallest absolute Gasteiger partial charge is 0.307 e. The van der Waals surface area contributed by atoms with Gasteiger partial charge in [0.1, 0.15) is 5.25 Å². The molecule has 2 rings (SSSR count). The van der Waals surface area contributed by atoms with Gasteiger partial charge in [-0.15, -0.1) is 3.89 Å². The SMILES string of the molecule is O=C1CC(S(=O)(=O)F)CN1CCCNC1CCCCC1. The van der Waals surface area contributed by atoms with Crippen molar-refractivity contribution < 1.29 is 17.1 Å². The maximum atomic E-state index is 12.9. The summed E-state index contributed by atoms with van der Waals surface area (Å²) in [6.45, 7) is 1.33. The predicted octanol–water partition coefficient (Wildman–Crippen LogP) is 1.20. The first-order chi connectivity index (χ1) is 9.47. The Balaban J connectivity index is 1.65. The lowest BCUT2D eigenvalue weighted by Crippen LogP contribution is -2.34. The number of hydrogen-bond acceptors (Lipinski definition) is 4. The molecule has 5 nitrogen and oxygen atoms in total. The molecule has 2 fully saturated rings. The Morgan fingerprint density at radius 3 is 2.55 bits per heavy atom. The van der Waals surface area contributed by atoms with Crippen molar-refractivity contribution in [1.29, 1.82) is 0 Å². The zero-order valence-electron chi connectivity index (χ0n) is 11.7. The number of nitrogens with one attached hydrogen (secondary N) is 1. The van der Waals surface area contributed by atoms with Crippen molar-refractivity contribution in [2.24, 2.45) is 0 Å². The van der Waals surface area contributed by atoms with Gasteiger partial charge in [-0.25, -0.2) is 0 Å². The quantitative estimate of drug-likeness (QED) is 0.591. The van der Waals surface area contributed by atoms with Crippen LogP contribution in [0.5, 0.6) is 0 Å². The van der Waals surface area contributed by atoms with E-state index in [0.717, 1.165) is 13.0 Å². The molecule has 2 aliphatic rings. The van der Waals surface area contributed by atoms with Crippen LogP contribution >= 0.6 is 0 Å². The fourth-order valence-electron chi connectivity index (χ4n) is 3.02. The molecule has 1 saturated carbocycles. The molecule has 0 radical (unpaired) electrons. The second kappa shape index (κ2) is 6.85. The number of nitrogens with zero attached hydrogens (tertiary/aromatic N) is 1. The Labute approximate surface area is 120 Å². The van der Waals surface area contributed by atoms with E-state index in [-0.39, 0.29) is 18.9 Å². The Bertz CT molecular complexity index is 435. The lowest BCUT2D eigenvalue weighted by molar-refractivity contribution is -0.127. The van der Waals surface area contributed by atoms with E-state index in [2.05, 4.69) is 5.32 Å². The van der Waals surface area contributed by atoms with Gasteiger partial charge in [-0.3, -0.25) is 4.79 Å². The average molecular weight is 306 g/mol. The molecule has 0 aromatic carbocycles. The minimum Gasteiger partial charge on any atom is -0.341 e. The van der Waals surface area contributed by atoms with Gasteiger partial charge in [-0.2, -0.15) is 8.42 Å². The minimum atomic E-state index is -4.59. The Morgan fingerprint density at radius 1 is 1.25 bits per heavy atom. The van der Waals surface area contributed by atoms with Crippen LogP contribution in [-0.2, 0) is 15.0 Å². The summed E-state index contributed by atoms with van der Waals surface area (Å²) in [5.74, 6) is -0.256. The second-order valence-electron chi connectivity index (χ2n) is 5.78. The Kier molecular flexibility index (Phi) is 5.37. The van der Waals surface area contributed by atoms with Crippen LogP contribution in [0.2, 0.25) is 0 Å². The summed E-state index contributed by atoms with van der Waals surface area (Å²) >= 11 is 0. The molecule has 1 unspecified atom stereocenters. The van der Waals surface area contributed by atoms with Gasteiger partial charge in [-0.1, -0.05) is 19.3 Å². The van der Waals surface area contributed by atoms with Crippen LogP contribution in [0.3, 0.4) is 0 Å². The molecule has 1 heterocycles. The normalized spacial score (nSPS) is 25.4. The van der Waals surface area contributed by atoms with Crippen LogP contribution in [0.1, 0.15) is 44.9 Å². The number of carbonyl (C=O) groups is 1. The Hall–Kier alpha value is -0.690. The maximum Gasteiger partial charge on any atom is 0.307 e. The van der Waals surface area contributed by atoms with Gasteiger partial charge in [0.15, 0.2) is 0 Å². The molecule has 1 aliphatic carbocycles. The van der Waals surface area contributed by atoms with Crippen molar-refractivity contribution >= 4 is 16.1 Å². The molecule has 0 aromatic rings. The van der Waals surface area contributed by atoms with Gasteiger partial charge in [0.2, 0.25) is 5.91 Å². The van der Waals surface area contributed by atoms with Crippen LogP contribution < -0.4 is 5.32 Å². The zero-order chi connectivity index (χ0) is 14.6. The fraction of sp³-hybridized carbons (Fsp3) is 0.923. The summed E-state index contributed by atoms with van der Waals surface area (Å²) < 4.78 is 34.5. The highest BCUT2D eigenvalue weighted by molar-refractivity contribution is 7.87. The van der Waals surface area contributed by atoms with Crippen molar-refractivity contribution in [2.45, 2.75) is 56.2 Å². The molecule has 0 spiro atoms. The maximum absolute atomic E-state index is 12.9. The van der Waals surface area contributed by atoms with E-state index in [0.29, 0.717) is 12.6 Å². The Morgan fingerprint density at radius 2 is 1.95 bits per heavy atom. The van der Waals surface area contributed by atoms with E-state index in [4.69, 9.17) is 0 Å². The van der Waals surface area contributed by atoms with E-state index in [1.807, 2.05) is 0 Å². The number of likely N-dealkylation sites (tertiary alicyclic amines) is 1. The second-order valence-corrected chi connectivity index (χ2v) is 7.40. The molecule has 1 atom stereocenters. The number of hydrogen-bond donors (Lipinski definition) is 1. The van der Waals surface area contributed by atoms with Crippen molar-refractivity contribution in [3.05, 3.63) is 0 Å². The summed E-state index contributed by atoms with van der Waals surface area (Å²) in [6.07, 6.45) is 6.86. The molecule has 0 aromatic heterocycles. The topological polar surface area (TPSA) is 66.5 Å². The molecule has 20 heavy (non-hydrogen) atoms. The first kappa shape index (κ1) is 15.7. The first-order valence-corrected chi connectivity index (χ1v) is 8.86. The van der Waals surface area contributed by atoms with Gasteiger partial charge in [-0.05, 0) is 25.8 Å². The van der Waals surface area contributed by atoms with Crippen LogP contribution in [0, 0.1) is 0 Å². The van der Waals surface area contributed by atoms with Gasteiger partial charge >= 0.3 is 10.2 Å². The van der Waals surface area contributed by atoms with E-state index < -0.39 is 15.5 Å². The van der Waals surface area contributed by atoms with Crippen molar-refractivity contribution in [2.75, 3.05) is 19.6 Å². The fourth-order valence-corrected chi connectivity index (χ4v) is 3.72. The van der Waals surface area contributed by atoms with Gasteiger partial charge in [0.05, 0.1) is 0 Å². The molecule has 7 heteroatoms. The summed E-state index contributed by atoms with van der Waals surface area (Å²) in [6, 6.07) is 0.581. The van der Waals surface area contributed by atoms with Crippen molar-refractivity contribution in [3.8, 4) is 0 Å². The molecule has 116 valence electrons. The zero-order valence-corrected chi connectivity index (χ0v) is 12.5. The van der Waals surface area contributed by atoms with Crippen molar-refractivity contribution in [3.63, 3.8) is 0 Å². The number of rotatable bonds is 6. The number of carbonyl (C=O) groups excluding carboxylic acids is 1. The van der Waals surface area contributed by atoms with Crippen LogP contribution in [0.4, 0.5) is 3.89 Å². The van der Waals surface area contributed by atoms with Gasteiger partial charge in [0, 0.05) is 25.6 Å². The molecule has 1 N–H and O–H groups in total. The van der Waals surface area contributed by atoms with Crippen LogP contribution in [0.25, 0.3) is 0 Å². The third-order valence-corrected chi connectivity index (χ3v) is 5.33. The lowest BCUT2D eigenvalue weighted by Gasteiger charge is -2.23. The molecule has 0 bridgehead atoms. The van der Waals surface area contributed by atoms with Crippen molar-refractivity contribution in [1.82, 2.24) is 10.2 Å². The monoisotopic (exact) mass is 306 g/mol. The van der Waals surface area contributed by atoms with Gasteiger partial charge < -0.3 is 10.2 Å². The van der Waals surface area contributed by atoms with Gasteiger partial charge in [0.25, 0.3) is 0 Å². The van der Waals surface area contributed by atoms with E-state index in [1.165, 1.54) is 37.0 Å². The lowest BCUT2D eigenvalue weighted by atomic mass is 9.95. The number of halogens is 1. The average Bonchev–Trinajstić information content (AvgIpc) is 2.77. The molecule has 1 saturated heterocycles. The highest BCUT2D eigenvalue weighted by atomic mass is 32.3. The molecule has 1 aliphatic heterocycles. The third kappa shape index (κ3) is 4.41. The first-order valence-electron chi connectivity index (χ1n) is 7.41. The number of amides is 1. The molecule has 1 amide bonds. The highest BCUT2D eigenvalue weighted by Crippen LogP contribution is 2.20. The summed E-state index contributed by atoms with van der Waals surface area (Å²) in [5, 5.41) is 2.31. The minimum absolute atomic E-state index is 0.00109. The summed E-state index contributed by atoms with van der Waals surface area (Å²) in [4.78, 5) is 13.1. The van der Waals surface area contributed by atoms with E-state index >= 15 is 0 Å². The van der Waals surface area contributed by atoms with Crippen LogP contribution in [-0.4, -0.2) is 50.2 Å². The van der Waals surface area contributed by atoms with E-state index in [9.17, 15) is 17.1 Å². The summed E-state index contributed by atoms with van der Waals surface area (Å²) in [5.41, 5.74) is 0. The molecular formula is C13H23FN2O3S. The largest absolute Gasteiger partial charge is 0.341 e. The third-order valence-electron chi connectivity index (χ3n) is 4.22. The van der Waals surface area contributed by atoms with Crippen LogP contribution in [0.15, 0.2) is 0 Å². The molecular weight excluding hydrogens is 283 g/mol. The summed E-state index contributed by atoms with van der Waals surface area (Å²) in [7, 11) is -4.59. The standard InChI is InChI=1S/C13H23FN2O3S/c14-20(18,19)12-9-13(17)16(10-12)8-4-7-15-11-5-2-1-3-6-11/h11-12,15H,1-10H2. The predicted molar refractivity (Wildman–Crippen MR) is 74.5 cm³/mol. The van der Waals surface area contributed by atoms with E-state index in [1.54, 1.807) is 0 Å².